The molecule has 124 valence electrons. The number of phenols is 1. The lowest BCUT2D eigenvalue weighted by molar-refractivity contribution is 0.0947. The average molecular weight is 364 g/mol. The molecular formula is C17H15Cl2N3O2. The van der Waals surface area contributed by atoms with E-state index in [9.17, 15) is 9.90 Å². The number of aryl methyl sites for hydroxylation is 1. The number of benzene rings is 1. The Morgan fingerprint density at radius 1 is 1.29 bits per heavy atom. The van der Waals surface area contributed by atoms with E-state index in [1.165, 1.54) is 0 Å². The van der Waals surface area contributed by atoms with Gasteiger partial charge in [0, 0.05) is 12.7 Å². The second-order valence-corrected chi connectivity index (χ2v) is 6.26. The molecule has 2 heterocycles. The van der Waals surface area contributed by atoms with E-state index in [1.807, 2.05) is 12.1 Å². The van der Waals surface area contributed by atoms with Crippen LogP contribution in [0.1, 0.15) is 21.7 Å². The minimum atomic E-state index is -0.239. The van der Waals surface area contributed by atoms with E-state index in [-0.39, 0.29) is 11.7 Å². The van der Waals surface area contributed by atoms with E-state index in [0.717, 1.165) is 5.56 Å². The maximum absolute atomic E-state index is 12.5. The Hall–Kier alpha value is -2.24. The van der Waals surface area contributed by atoms with Crippen molar-refractivity contribution in [3.63, 3.8) is 0 Å². The van der Waals surface area contributed by atoms with Gasteiger partial charge in [0.15, 0.2) is 5.65 Å². The van der Waals surface area contributed by atoms with Crippen LogP contribution in [-0.4, -0.2) is 26.9 Å². The molecule has 24 heavy (non-hydrogen) atoms. The zero-order valence-corrected chi connectivity index (χ0v) is 14.4. The lowest BCUT2D eigenvalue weighted by atomic mass is 10.1. The minimum absolute atomic E-state index is 0.220. The standard InChI is InChI=1S/C17H15Cl2N3O2/c1-10-15(22-9-12(18)8-14(19)16(22)21-10)17(24)20-7-6-11-2-4-13(23)5-3-11/h2-5,8-9,23H,6-7H2,1H3,(H,20,24). The van der Waals surface area contributed by atoms with Crippen LogP contribution in [0, 0.1) is 6.92 Å². The molecule has 0 atom stereocenters. The first-order chi connectivity index (χ1) is 11.5. The number of nitrogens with zero attached hydrogens (tertiary/aromatic N) is 2. The van der Waals surface area contributed by atoms with Crippen molar-refractivity contribution < 1.29 is 9.90 Å². The van der Waals surface area contributed by atoms with Crippen molar-refractivity contribution in [3.8, 4) is 5.75 Å². The number of rotatable bonds is 4. The quantitative estimate of drug-likeness (QED) is 0.743. The molecule has 2 N–H and O–H groups in total. The third-order valence-electron chi connectivity index (χ3n) is 3.67. The molecule has 3 rings (SSSR count). The molecule has 0 aliphatic heterocycles. The monoisotopic (exact) mass is 363 g/mol. The summed E-state index contributed by atoms with van der Waals surface area (Å²) in [6.07, 6.45) is 2.28. The molecule has 0 unspecified atom stereocenters. The zero-order valence-electron chi connectivity index (χ0n) is 12.9. The van der Waals surface area contributed by atoms with Crippen LogP contribution in [0.2, 0.25) is 10.0 Å². The number of aromatic hydroxyl groups is 1. The highest BCUT2D eigenvalue weighted by Crippen LogP contribution is 2.24. The third-order valence-corrected chi connectivity index (χ3v) is 4.15. The molecule has 0 spiro atoms. The van der Waals surface area contributed by atoms with Gasteiger partial charge in [-0.3, -0.25) is 9.20 Å². The van der Waals surface area contributed by atoms with Gasteiger partial charge in [0.05, 0.1) is 15.7 Å². The largest absolute Gasteiger partial charge is 0.508 e. The van der Waals surface area contributed by atoms with E-state index < -0.39 is 0 Å². The van der Waals surface area contributed by atoms with Gasteiger partial charge >= 0.3 is 0 Å². The van der Waals surface area contributed by atoms with Gasteiger partial charge in [-0.2, -0.15) is 0 Å². The zero-order chi connectivity index (χ0) is 17.3. The molecule has 5 nitrogen and oxygen atoms in total. The van der Waals surface area contributed by atoms with Gasteiger partial charge in [-0.1, -0.05) is 35.3 Å². The SMILES string of the molecule is Cc1nc2c(Cl)cc(Cl)cn2c1C(=O)NCCc1ccc(O)cc1. The van der Waals surface area contributed by atoms with E-state index in [2.05, 4.69) is 10.3 Å². The molecule has 3 aromatic rings. The second-order valence-electron chi connectivity index (χ2n) is 5.42. The summed E-state index contributed by atoms with van der Waals surface area (Å²) in [7, 11) is 0. The predicted octanol–water partition coefficient (Wildman–Crippen LogP) is 3.63. The maximum Gasteiger partial charge on any atom is 0.270 e. The summed E-state index contributed by atoms with van der Waals surface area (Å²) >= 11 is 12.2. The molecule has 0 saturated carbocycles. The van der Waals surface area contributed by atoms with E-state index in [1.54, 1.807) is 35.7 Å². The predicted molar refractivity (Wildman–Crippen MR) is 94.1 cm³/mol. The lowest BCUT2D eigenvalue weighted by Crippen LogP contribution is -2.27. The molecule has 0 fully saturated rings. The van der Waals surface area contributed by atoms with Crippen LogP contribution < -0.4 is 5.32 Å². The number of imidazole rings is 1. The molecule has 0 aliphatic carbocycles. The number of aromatic nitrogens is 2. The first-order valence-electron chi connectivity index (χ1n) is 7.35. The second kappa shape index (κ2) is 6.71. The van der Waals surface area contributed by atoms with Gasteiger partial charge in [-0.15, -0.1) is 0 Å². The fourth-order valence-corrected chi connectivity index (χ4v) is 3.04. The number of hydrogen-bond donors (Lipinski definition) is 2. The average Bonchev–Trinajstić information content (AvgIpc) is 2.85. The summed E-state index contributed by atoms with van der Waals surface area (Å²) in [5.41, 5.74) is 2.53. The molecule has 0 bridgehead atoms. The van der Waals surface area contributed by atoms with Crippen molar-refractivity contribution in [1.82, 2.24) is 14.7 Å². The molecule has 1 aromatic carbocycles. The van der Waals surface area contributed by atoms with Crippen LogP contribution in [0.25, 0.3) is 5.65 Å². The molecule has 1 amide bonds. The summed E-state index contributed by atoms with van der Waals surface area (Å²) in [6.45, 7) is 2.22. The normalized spacial score (nSPS) is 11.0. The Balaban J connectivity index is 1.76. The fraction of sp³-hybridized carbons (Fsp3) is 0.176. The first kappa shape index (κ1) is 16.6. The Kier molecular flexibility index (Phi) is 4.64. The van der Waals surface area contributed by atoms with Crippen LogP contribution in [-0.2, 0) is 6.42 Å². The van der Waals surface area contributed by atoms with Crippen molar-refractivity contribution in [2.75, 3.05) is 6.54 Å². The van der Waals surface area contributed by atoms with Crippen molar-refractivity contribution >= 4 is 34.8 Å². The van der Waals surface area contributed by atoms with Gasteiger partial charge in [0.1, 0.15) is 11.4 Å². The molecule has 7 heteroatoms. The van der Waals surface area contributed by atoms with Crippen LogP contribution in [0.3, 0.4) is 0 Å². The highest BCUT2D eigenvalue weighted by atomic mass is 35.5. The maximum atomic E-state index is 12.5. The summed E-state index contributed by atoms with van der Waals surface area (Å²) in [5, 5.41) is 13.0. The Morgan fingerprint density at radius 3 is 2.71 bits per heavy atom. The van der Waals surface area contributed by atoms with Crippen molar-refractivity contribution in [3.05, 3.63) is 63.5 Å². The van der Waals surface area contributed by atoms with Gasteiger partial charge in [-0.05, 0) is 37.1 Å². The number of phenolic OH excluding ortho intramolecular Hbond substituents is 1. The van der Waals surface area contributed by atoms with E-state index >= 15 is 0 Å². The molecule has 0 radical (unpaired) electrons. The van der Waals surface area contributed by atoms with Gasteiger partial charge in [-0.25, -0.2) is 4.98 Å². The van der Waals surface area contributed by atoms with Gasteiger partial charge in [0.2, 0.25) is 0 Å². The number of carbonyl (C=O) groups is 1. The first-order valence-corrected chi connectivity index (χ1v) is 8.11. The third kappa shape index (κ3) is 3.32. The molecule has 0 saturated heterocycles. The van der Waals surface area contributed by atoms with Crippen LogP contribution in [0.4, 0.5) is 0 Å². The molecular weight excluding hydrogens is 349 g/mol. The van der Waals surface area contributed by atoms with Crippen molar-refractivity contribution in [1.29, 1.82) is 0 Å². The molecule has 2 aromatic heterocycles. The van der Waals surface area contributed by atoms with Gasteiger partial charge in [0.25, 0.3) is 5.91 Å². The highest BCUT2D eigenvalue weighted by molar-refractivity contribution is 6.36. The van der Waals surface area contributed by atoms with Crippen molar-refractivity contribution in [2.24, 2.45) is 0 Å². The summed E-state index contributed by atoms with van der Waals surface area (Å²) in [4.78, 5) is 16.8. The fourth-order valence-electron chi connectivity index (χ4n) is 2.53. The Labute approximate surface area is 148 Å². The Bertz CT molecular complexity index is 904. The number of fused-ring (bicyclic) bond motifs is 1. The van der Waals surface area contributed by atoms with Crippen LogP contribution >= 0.6 is 23.2 Å². The minimum Gasteiger partial charge on any atom is -0.508 e. The van der Waals surface area contributed by atoms with Crippen LogP contribution in [0.15, 0.2) is 36.5 Å². The highest BCUT2D eigenvalue weighted by Gasteiger charge is 2.18. The number of hydrogen-bond acceptors (Lipinski definition) is 3. The Morgan fingerprint density at radius 2 is 2.00 bits per heavy atom. The summed E-state index contributed by atoms with van der Waals surface area (Å²) in [5.74, 6) is -0.0185. The smallest absolute Gasteiger partial charge is 0.270 e. The topological polar surface area (TPSA) is 66.6 Å². The van der Waals surface area contributed by atoms with E-state index in [4.69, 9.17) is 23.2 Å². The number of halogens is 2. The number of amides is 1. The summed E-state index contributed by atoms with van der Waals surface area (Å²) in [6, 6.07) is 8.48. The number of nitrogens with one attached hydrogen (secondary N) is 1. The lowest BCUT2D eigenvalue weighted by Gasteiger charge is -2.07. The van der Waals surface area contributed by atoms with Crippen LogP contribution in [0.5, 0.6) is 5.75 Å². The number of carbonyl (C=O) groups excluding carboxylic acids is 1. The van der Waals surface area contributed by atoms with E-state index in [0.29, 0.717) is 40.0 Å². The number of pyridine rings is 1. The summed E-state index contributed by atoms with van der Waals surface area (Å²) < 4.78 is 1.61. The van der Waals surface area contributed by atoms with Gasteiger partial charge < -0.3 is 10.4 Å². The van der Waals surface area contributed by atoms with Crippen molar-refractivity contribution in [2.45, 2.75) is 13.3 Å². The molecule has 0 aliphatic rings.